The lowest BCUT2D eigenvalue weighted by molar-refractivity contribution is 0.102. The van der Waals surface area contributed by atoms with Crippen molar-refractivity contribution >= 4 is 27.3 Å². The molecule has 1 saturated heterocycles. The van der Waals surface area contributed by atoms with E-state index < -0.39 is 26.6 Å². The SMILES string of the molecule is Cc1cccc(N2CCN(S(=O)(=O)c3cc(C(=O)Nc4ccc(Oc5ccccc5)cc4)ccc3F)C[C@H]2C)c1. The van der Waals surface area contributed by atoms with Crippen molar-refractivity contribution in [1.29, 1.82) is 0 Å². The first-order chi connectivity index (χ1) is 19.2. The topological polar surface area (TPSA) is 79.0 Å². The summed E-state index contributed by atoms with van der Waals surface area (Å²) in [6.07, 6.45) is 0. The van der Waals surface area contributed by atoms with Gasteiger partial charge in [0.2, 0.25) is 10.0 Å². The molecule has 0 bridgehead atoms. The van der Waals surface area contributed by atoms with Crippen molar-refractivity contribution in [2.45, 2.75) is 24.8 Å². The minimum absolute atomic E-state index is 0.0380. The van der Waals surface area contributed by atoms with E-state index in [-0.39, 0.29) is 24.7 Å². The summed E-state index contributed by atoms with van der Waals surface area (Å²) in [5, 5.41) is 2.73. The van der Waals surface area contributed by atoms with E-state index >= 15 is 0 Å². The molecule has 1 aliphatic rings. The molecule has 0 saturated carbocycles. The van der Waals surface area contributed by atoms with Crippen LogP contribution in [0.25, 0.3) is 0 Å². The molecule has 0 spiro atoms. The van der Waals surface area contributed by atoms with Gasteiger partial charge in [0.15, 0.2) is 0 Å². The number of carbonyl (C=O) groups is 1. The predicted molar refractivity (Wildman–Crippen MR) is 154 cm³/mol. The monoisotopic (exact) mass is 559 g/mol. The summed E-state index contributed by atoms with van der Waals surface area (Å²) in [4.78, 5) is 14.6. The van der Waals surface area contributed by atoms with Crippen molar-refractivity contribution in [3.63, 3.8) is 0 Å². The highest BCUT2D eigenvalue weighted by molar-refractivity contribution is 7.89. The van der Waals surface area contributed by atoms with Crippen LogP contribution in [0, 0.1) is 12.7 Å². The minimum atomic E-state index is -4.17. The van der Waals surface area contributed by atoms with E-state index in [1.165, 1.54) is 10.4 Å². The van der Waals surface area contributed by atoms with Crippen LogP contribution in [0.3, 0.4) is 0 Å². The van der Waals surface area contributed by atoms with Gasteiger partial charge in [-0.25, -0.2) is 12.8 Å². The van der Waals surface area contributed by atoms with Crippen molar-refractivity contribution in [2.24, 2.45) is 0 Å². The van der Waals surface area contributed by atoms with Gasteiger partial charge in [-0.05, 0) is 86.1 Å². The van der Waals surface area contributed by atoms with Crippen LogP contribution < -0.4 is 15.0 Å². The molecule has 206 valence electrons. The molecule has 1 fully saturated rings. The Kier molecular flexibility index (Phi) is 7.86. The van der Waals surface area contributed by atoms with E-state index in [0.717, 1.165) is 23.4 Å². The van der Waals surface area contributed by atoms with Crippen molar-refractivity contribution < 1.29 is 22.3 Å². The maximum absolute atomic E-state index is 14.9. The Bertz CT molecular complexity index is 1610. The molecule has 4 aromatic carbocycles. The van der Waals surface area contributed by atoms with Gasteiger partial charge in [0.25, 0.3) is 5.91 Å². The van der Waals surface area contributed by atoms with Gasteiger partial charge in [-0.15, -0.1) is 0 Å². The molecule has 7 nitrogen and oxygen atoms in total. The zero-order valence-electron chi connectivity index (χ0n) is 22.2. The Labute approximate surface area is 233 Å². The molecule has 0 aliphatic carbocycles. The minimum Gasteiger partial charge on any atom is -0.457 e. The summed E-state index contributed by atoms with van der Waals surface area (Å²) in [7, 11) is -4.17. The van der Waals surface area contributed by atoms with Crippen LogP contribution in [-0.4, -0.2) is 44.3 Å². The molecule has 0 unspecified atom stereocenters. The van der Waals surface area contributed by atoms with E-state index in [0.29, 0.717) is 23.7 Å². The highest BCUT2D eigenvalue weighted by atomic mass is 32.2. The van der Waals surface area contributed by atoms with Gasteiger partial charge < -0.3 is 15.0 Å². The number of aryl methyl sites for hydroxylation is 1. The summed E-state index contributed by atoms with van der Waals surface area (Å²) in [5.74, 6) is -0.167. The quantitative estimate of drug-likeness (QED) is 0.297. The van der Waals surface area contributed by atoms with Gasteiger partial charge in [0, 0.05) is 42.6 Å². The number of amides is 1. The zero-order valence-corrected chi connectivity index (χ0v) is 23.1. The predicted octanol–water partition coefficient (Wildman–Crippen LogP) is 6.08. The van der Waals surface area contributed by atoms with E-state index in [1.807, 2.05) is 62.4 Å². The summed E-state index contributed by atoms with van der Waals surface area (Å²) in [6.45, 7) is 4.82. The molecule has 1 heterocycles. The van der Waals surface area contributed by atoms with Gasteiger partial charge in [-0.1, -0.05) is 30.3 Å². The Morgan fingerprint density at radius 3 is 2.33 bits per heavy atom. The third-order valence-electron chi connectivity index (χ3n) is 6.83. The first-order valence-corrected chi connectivity index (χ1v) is 14.4. The van der Waals surface area contributed by atoms with Gasteiger partial charge in [-0.3, -0.25) is 4.79 Å². The molecule has 0 radical (unpaired) electrons. The van der Waals surface area contributed by atoms with Crippen LogP contribution in [0.2, 0.25) is 0 Å². The van der Waals surface area contributed by atoms with Crippen LogP contribution in [0.5, 0.6) is 11.5 Å². The smallest absolute Gasteiger partial charge is 0.255 e. The van der Waals surface area contributed by atoms with Crippen LogP contribution >= 0.6 is 0 Å². The van der Waals surface area contributed by atoms with E-state index in [2.05, 4.69) is 16.3 Å². The van der Waals surface area contributed by atoms with Gasteiger partial charge in [0.1, 0.15) is 22.2 Å². The highest BCUT2D eigenvalue weighted by Crippen LogP contribution is 2.28. The van der Waals surface area contributed by atoms with Crippen LogP contribution in [0.1, 0.15) is 22.8 Å². The molecule has 1 aliphatic heterocycles. The number of benzene rings is 4. The normalized spacial score (nSPS) is 16.0. The maximum atomic E-state index is 14.9. The lowest BCUT2D eigenvalue weighted by Crippen LogP contribution is -2.53. The molecule has 4 aromatic rings. The van der Waals surface area contributed by atoms with Crippen LogP contribution in [0.15, 0.2) is 102 Å². The standard InChI is InChI=1S/C31H30FN3O4S/c1-22-7-6-8-26(19-22)35-18-17-34(21-23(35)2)40(37,38)30-20-24(11-16-29(30)32)31(36)33-25-12-14-28(15-13-25)39-27-9-4-3-5-10-27/h3-16,19-20,23H,17-18,21H2,1-2H3,(H,33,36)/t23-/m1/s1. The molecule has 9 heteroatoms. The number of hydrogen-bond donors (Lipinski definition) is 1. The molecular weight excluding hydrogens is 529 g/mol. The number of piperazine rings is 1. The number of sulfonamides is 1. The van der Waals surface area contributed by atoms with E-state index in [1.54, 1.807) is 24.3 Å². The highest BCUT2D eigenvalue weighted by Gasteiger charge is 2.34. The molecule has 5 rings (SSSR count). The summed E-state index contributed by atoms with van der Waals surface area (Å²) in [5.41, 5.74) is 2.67. The molecule has 40 heavy (non-hydrogen) atoms. The average Bonchev–Trinajstić information content (AvgIpc) is 2.94. The number of hydrogen-bond acceptors (Lipinski definition) is 5. The van der Waals surface area contributed by atoms with Crippen molar-refractivity contribution in [2.75, 3.05) is 29.9 Å². The number of nitrogens with zero attached hydrogens (tertiary/aromatic N) is 2. The van der Waals surface area contributed by atoms with Crippen molar-refractivity contribution in [3.05, 3.63) is 114 Å². The summed E-state index contributed by atoms with van der Waals surface area (Å²) < 4.78 is 48.9. The Morgan fingerprint density at radius 1 is 0.900 bits per heavy atom. The lowest BCUT2D eigenvalue weighted by atomic mass is 10.1. The zero-order chi connectivity index (χ0) is 28.3. The van der Waals surface area contributed by atoms with Crippen LogP contribution in [-0.2, 0) is 10.0 Å². The number of halogens is 1. The fourth-order valence-corrected chi connectivity index (χ4v) is 6.35. The number of rotatable bonds is 7. The third kappa shape index (κ3) is 6.00. The third-order valence-corrected chi connectivity index (χ3v) is 8.71. The number of carbonyl (C=O) groups excluding carboxylic acids is 1. The van der Waals surface area contributed by atoms with Crippen molar-refractivity contribution in [1.82, 2.24) is 4.31 Å². The molecule has 0 aromatic heterocycles. The maximum Gasteiger partial charge on any atom is 0.255 e. The van der Waals surface area contributed by atoms with E-state index in [4.69, 9.17) is 4.74 Å². The Hall–Kier alpha value is -4.21. The second-order valence-electron chi connectivity index (χ2n) is 9.78. The summed E-state index contributed by atoms with van der Waals surface area (Å²) in [6, 6.07) is 27.4. The Morgan fingerprint density at radius 2 is 1.62 bits per heavy atom. The number of nitrogens with one attached hydrogen (secondary N) is 1. The molecule has 1 N–H and O–H groups in total. The number of anilines is 2. The van der Waals surface area contributed by atoms with Crippen molar-refractivity contribution in [3.8, 4) is 11.5 Å². The second-order valence-corrected chi connectivity index (χ2v) is 11.7. The second kappa shape index (κ2) is 11.5. The van der Waals surface area contributed by atoms with Gasteiger partial charge >= 0.3 is 0 Å². The van der Waals surface area contributed by atoms with Gasteiger partial charge in [-0.2, -0.15) is 4.31 Å². The fraction of sp³-hybridized carbons (Fsp3) is 0.194. The average molecular weight is 560 g/mol. The molecular formula is C31H30FN3O4S. The fourth-order valence-electron chi connectivity index (χ4n) is 4.75. The first-order valence-electron chi connectivity index (χ1n) is 13.0. The molecule has 1 amide bonds. The summed E-state index contributed by atoms with van der Waals surface area (Å²) >= 11 is 0. The lowest BCUT2D eigenvalue weighted by Gasteiger charge is -2.40. The molecule has 1 atom stereocenters. The largest absolute Gasteiger partial charge is 0.457 e. The number of para-hydroxylation sites is 1. The van der Waals surface area contributed by atoms with E-state index in [9.17, 15) is 17.6 Å². The van der Waals surface area contributed by atoms with Gasteiger partial charge in [0.05, 0.1) is 0 Å². The number of ether oxygens (including phenoxy) is 1. The first kappa shape index (κ1) is 27.4. The van der Waals surface area contributed by atoms with Crippen LogP contribution in [0.4, 0.5) is 15.8 Å². The Balaban J connectivity index is 1.28.